The van der Waals surface area contributed by atoms with Gasteiger partial charge in [0.05, 0.1) is 12.1 Å². The first-order valence-corrected chi connectivity index (χ1v) is 8.86. The highest BCUT2D eigenvalue weighted by Gasteiger charge is 2.11. The Hall–Kier alpha value is -3.67. The van der Waals surface area contributed by atoms with Gasteiger partial charge in [0.1, 0.15) is 0 Å². The Bertz CT molecular complexity index is 1070. The third-order valence-electron chi connectivity index (χ3n) is 4.25. The van der Waals surface area contributed by atoms with E-state index in [0.29, 0.717) is 23.5 Å². The van der Waals surface area contributed by atoms with Gasteiger partial charge >= 0.3 is 0 Å². The third-order valence-corrected chi connectivity index (χ3v) is 4.25. The van der Waals surface area contributed by atoms with Crippen LogP contribution in [-0.2, 0) is 11.3 Å². The van der Waals surface area contributed by atoms with Crippen molar-refractivity contribution in [3.05, 3.63) is 93.9 Å². The van der Waals surface area contributed by atoms with E-state index in [-0.39, 0.29) is 17.4 Å². The van der Waals surface area contributed by atoms with E-state index in [1.807, 2.05) is 43.3 Å². The summed E-state index contributed by atoms with van der Waals surface area (Å²) in [5.74, 6) is -0.515. The summed E-state index contributed by atoms with van der Waals surface area (Å²) < 4.78 is 1.50. The minimum absolute atomic E-state index is 0.177. The van der Waals surface area contributed by atoms with Crippen molar-refractivity contribution in [2.75, 3.05) is 10.6 Å². The maximum absolute atomic E-state index is 12.7. The number of pyridine rings is 1. The van der Waals surface area contributed by atoms with E-state index in [1.165, 1.54) is 23.6 Å². The Balaban J connectivity index is 1.82. The average molecular weight is 375 g/mol. The molecule has 3 rings (SSSR count). The molecule has 28 heavy (non-hydrogen) atoms. The van der Waals surface area contributed by atoms with E-state index >= 15 is 0 Å². The van der Waals surface area contributed by atoms with Crippen LogP contribution in [0.15, 0.2) is 71.7 Å². The zero-order chi connectivity index (χ0) is 20.1. The highest BCUT2D eigenvalue weighted by atomic mass is 16.2. The molecule has 1 aromatic heterocycles. The van der Waals surface area contributed by atoms with Crippen LogP contribution in [0.3, 0.4) is 0 Å². The summed E-state index contributed by atoms with van der Waals surface area (Å²) in [6.07, 6.45) is 1.55. The maximum atomic E-state index is 12.7. The van der Waals surface area contributed by atoms with Gasteiger partial charge in [-0.05, 0) is 36.2 Å². The fraction of sp³-hybridized carbons (Fsp3) is 0.136. The summed E-state index contributed by atoms with van der Waals surface area (Å²) in [6, 6.07) is 17.8. The van der Waals surface area contributed by atoms with E-state index in [4.69, 9.17) is 0 Å². The summed E-state index contributed by atoms with van der Waals surface area (Å²) in [4.78, 5) is 36.1. The number of aromatic nitrogens is 1. The van der Waals surface area contributed by atoms with E-state index in [1.54, 1.807) is 18.3 Å². The lowest BCUT2D eigenvalue weighted by atomic mass is 10.1. The molecule has 6 heteroatoms. The van der Waals surface area contributed by atoms with Gasteiger partial charge in [0.2, 0.25) is 5.91 Å². The zero-order valence-corrected chi connectivity index (χ0v) is 15.7. The Morgan fingerprint density at radius 2 is 1.71 bits per heavy atom. The second-order valence-corrected chi connectivity index (χ2v) is 6.53. The number of nitrogens with one attached hydrogen (secondary N) is 2. The van der Waals surface area contributed by atoms with Gasteiger partial charge in [0, 0.05) is 30.6 Å². The zero-order valence-electron chi connectivity index (χ0n) is 15.7. The summed E-state index contributed by atoms with van der Waals surface area (Å²) in [7, 11) is 0. The third kappa shape index (κ3) is 4.73. The first kappa shape index (κ1) is 19.1. The molecule has 1 heterocycles. The molecule has 2 amide bonds. The molecular formula is C22H21N3O3. The molecule has 0 aliphatic carbocycles. The molecule has 3 aromatic rings. The average Bonchev–Trinajstić information content (AvgIpc) is 2.66. The lowest BCUT2D eigenvalue weighted by Crippen LogP contribution is -2.22. The summed E-state index contributed by atoms with van der Waals surface area (Å²) in [6.45, 7) is 3.68. The summed E-state index contributed by atoms with van der Waals surface area (Å²) in [5.41, 5.74) is 3.23. The Kier molecular flexibility index (Phi) is 5.69. The van der Waals surface area contributed by atoms with Crippen LogP contribution < -0.4 is 16.2 Å². The number of hydrogen-bond acceptors (Lipinski definition) is 3. The summed E-state index contributed by atoms with van der Waals surface area (Å²) in [5, 5.41) is 5.54. The molecular weight excluding hydrogens is 354 g/mol. The Labute approximate surface area is 162 Å². The van der Waals surface area contributed by atoms with Crippen molar-refractivity contribution >= 4 is 23.2 Å². The number of amides is 2. The molecule has 0 bridgehead atoms. The largest absolute Gasteiger partial charge is 0.326 e. The maximum Gasteiger partial charge on any atom is 0.257 e. The number of rotatable bonds is 5. The Morgan fingerprint density at radius 1 is 0.964 bits per heavy atom. The topological polar surface area (TPSA) is 80.2 Å². The van der Waals surface area contributed by atoms with Crippen LogP contribution in [-0.4, -0.2) is 16.4 Å². The SMILES string of the molecule is CC(=O)Nc1ccc(C)c(NC(=O)c2ccc(=O)n(Cc3ccccc3)c2)c1. The monoisotopic (exact) mass is 375 g/mol. The molecule has 2 N–H and O–H groups in total. The number of anilines is 2. The van der Waals surface area contributed by atoms with Crippen LogP contribution in [0.2, 0.25) is 0 Å². The fourth-order valence-corrected chi connectivity index (χ4v) is 2.80. The van der Waals surface area contributed by atoms with Gasteiger partial charge in [-0.1, -0.05) is 36.4 Å². The first-order chi connectivity index (χ1) is 13.4. The minimum atomic E-state index is -0.329. The standard InChI is InChI=1S/C22H21N3O3/c1-15-8-10-19(23-16(2)26)12-20(15)24-22(28)18-9-11-21(27)25(14-18)13-17-6-4-3-5-7-17/h3-12,14H,13H2,1-2H3,(H,23,26)(H,24,28). The smallest absolute Gasteiger partial charge is 0.257 e. The lowest BCUT2D eigenvalue weighted by Gasteiger charge is -2.12. The summed E-state index contributed by atoms with van der Waals surface area (Å²) >= 11 is 0. The van der Waals surface area contributed by atoms with Crippen molar-refractivity contribution in [1.82, 2.24) is 4.57 Å². The number of benzene rings is 2. The molecule has 0 aliphatic rings. The van der Waals surface area contributed by atoms with Crippen LogP contribution in [0, 0.1) is 6.92 Å². The van der Waals surface area contributed by atoms with Crippen molar-refractivity contribution in [1.29, 1.82) is 0 Å². The molecule has 0 atom stereocenters. The van der Waals surface area contributed by atoms with Gasteiger partial charge in [-0.25, -0.2) is 0 Å². The van der Waals surface area contributed by atoms with Gasteiger partial charge in [-0.15, -0.1) is 0 Å². The number of carbonyl (C=O) groups is 2. The Morgan fingerprint density at radius 3 is 2.43 bits per heavy atom. The predicted molar refractivity (Wildman–Crippen MR) is 110 cm³/mol. The molecule has 142 valence electrons. The molecule has 0 spiro atoms. The molecule has 0 saturated heterocycles. The quantitative estimate of drug-likeness (QED) is 0.717. The van der Waals surface area contributed by atoms with E-state index in [9.17, 15) is 14.4 Å². The molecule has 0 unspecified atom stereocenters. The van der Waals surface area contributed by atoms with Gasteiger partial charge in [0.25, 0.3) is 11.5 Å². The van der Waals surface area contributed by atoms with Gasteiger partial charge in [-0.3, -0.25) is 14.4 Å². The first-order valence-electron chi connectivity index (χ1n) is 8.86. The second kappa shape index (κ2) is 8.35. The van der Waals surface area contributed by atoms with Crippen LogP contribution in [0.4, 0.5) is 11.4 Å². The van der Waals surface area contributed by atoms with Gasteiger partial charge < -0.3 is 15.2 Å². The van der Waals surface area contributed by atoms with Crippen molar-refractivity contribution in [3.8, 4) is 0 Å². The molecule has 0 saturated carbocycles. The van der Waals surface area contributed by atoms with Gasteiger partial charge in [-0.2, -0.15) is 0 Å². The van der Waals surface area contributed by atoms with Crippen LogP contribution in [0.1, 0.15) is 28.4 Å². The van der Waals surface area contributed by atoms with Crippen molar-refractivity contribution in [2.24, 2.45) is 0 Å². The molecule has 0 fully saturated rings. The molecule has 0 radical (unpaired) electrons. The van der Waals surface area contributed by atoms with Crippen LogP contribution >= 0.6 is 0 Å². The number of carbonyl (C=O) groups excluding carboxylic acids is 2. The number of hydrogen-bond donors (Lipinski definition) is 2. The lowest BCUT2D eigenvalue weighted by molar-refractivity contribution is -0.114. The van der Waals surface area contributed by atoms with Crippen LogP contribution in [0.25, 0.3) is 0 Å². The highest BCUT2D eigenvalue weighted by molar-refractivity contribution is 6.05. The number of nitrogens with zero attached hydrogens (tertiary/aromatic N) is 1. The van der Waals surface area contributed by atoms with Gasteiger partial charge in [0.15, 0.2) is 0 Å². The second-order valence-electron chi connectivity index (χ2n) is 6.53. The molecule has 0 aliphatic heterocycles. The fourth-order valence-electron chi connectivity index (χ4n) is 2.80. The van der Waals surface area contributed by atoms with Crippen molar-refractivity contribution < 1.29 is 9.59 Å². The normalized spacial score (nSPS) is 10.4. The van der Waals surface area contributed by atoms with E-state index in [2.05, 4.69) is 10.6 Å². The number of aryl methyl sites for hydroxylation is 1. The molecule has 6 nitrogen and oxygen atoms in total. The minimum Gasteiger partial charge on any atom is -0.326 e. The van der Waals surface area contributed by atoms with Crippen LogP contribution in [0.5, 0.6) is 0 Å². The van der Waals surface area contributed by atoms with Crippen molar-refractivity contribution in [2.45, 2.75) is 20.4 Å². The molecule has 2 aromatic carbocycles. The van der Waals surface area contributed by atoms with E-state index < -0.39 is 0 Å². The predicted octanol–water partition coefficient (Wildman–Crippen LogP) is 3.42. The van der Waals surface area contributed by atoms with Crippen molar-refractivity contribution in [3.63, 3.8) is 0 Å². The highest BCUT2D eigenvalue weighted by Crippen LogP contribution is 2.21. The van der Waals surface area contributed by atoms with E-state index in [0.717, 1.165) is 11.1 Å².